The van der Waals surface area contributed by atoms with E-state index in [2.05, 4.69) is 5.32 Å². The number of carbonyl (C=O) groups is 2. The molecule has 1 aliphatic carbocycles. The minimum absolute atomic E-state index is 0.0764. The van der Waals surface area contributed by atoms with Crippen molar-refractivity contribution in [3.8, 4) is 0 Å². The van der Waals surface area contributed by atoms with Gasteiger partial charge in [0.15, 0.2) is 0 Å². The van der Waals surface area contributed by atoms with Crippen LogP contribution in [0.5, 0.6) is 0 Å². The lowest BCUT2D eigenvalue weighted by Gasteiger charge is -2.08. The van der Waals surface area contributed by atoms with Gasteiger partial charge in [-0.2, -0.15) is 0 Å². The Hall–Kier alpha value is -1.06. The van der Waals surface area contributed by atoms with E-state index in [1.54, 1.807) is 0 Å². The first-order valence-electron chi connectivity index (χ1n) is 3.39. The van der Waals surface area contributed by atoms with Crippen LogP contribution in [0.4, 0.5) is 4.79 Å². The lowest BCUT2D eigenvalue weighted by molar-refractivity contribution is -0.125. The lowest BCUT2D eigenvalue weighted by Crippen LogP contribution is -2.32. The summed E-state index contributed by atoms with van der Waals surface area (Å²) < 4.78 is 0. The Morgan fingerprint density at radius 3 is 2.50 bits per heavy atom. The van der Waals surface area contributed by atoms with Crippen molar-refractivity contribution in [1.29, 1.82) is 0 Å². The van der Waals surface area contributed by atoms with Gasteiger partial charge in [-0.1, -0.05) is 0 Å². The van der Waals surface area contributed by atoms with Gasteiger partial charge in [0.05, 0.1) is 6.54 Å². The lowest BCUT2D eigenvalue weighted by atomic mass is 10.5. The summed E-state index contributed by atoms with van der Waals surface area (Å²) in [5, 5.41) is 2.48. The molecule has 10 heavy (non-hydrogen) atoms. The standard InChI is InChI=1S/C6H8N2O2/c9-5-3-7-6(10)8(5)4-1-2-4/h4H,1-3H2,(H,7,10). The van der Waals surface area contributed by atoms with E-state index in [1.807, 2.05) is 0 Å². The Morgan fingerprint density at radius 1 is 1.40 bits per heavy atom. The van der Waals surface area contributed by atoms with Gasteiger partial charge in [0.2, 0.25) is 5.91 Å². The third kappa shape index (κ3) is 0.683. The number of nitrogens with one attached hydrogen (secondary N) is 1. The van der Waals surface area contributed by atoms with E-state index in [0.717, 1.165) is 12.8 Å². The van der Waals surface area contributed by atoms with Crippen molar-refractivity contribution >= 4 is 11.9 Å². The smallest absolute Gasteiger partial charge is 0.324 e. The summed E-state index contributed by atoms with van der Waals surface area (Å²) in [6.07, 6.45) is 1.97. The van der Waals surface area contributed by atoms with Crippen LogP contribution in [-0.4, -0.2) is 29.4 Å². The zero-order valence-corrected chi connectivity index (χ0v) is 5.46. The zero-order valence-electron chi connectivity index (χ0n) is 5.46. The largest absolute Gasteiger partial charge is 0.329 e. The number of amides is 3. The molecule has 0 unspecified atom stereocenters. The fraction of sp³-hybridized carbons (Fsp3) is 0.667. The number of imide groups is 1. The van der Waals surface area contributed by atoms with Crippen molar-refractivity contribution in [2.75, 3.05) is 6.54 Å². The molecular formula is C6H8N2O2. The summed E-state index contributed by atoms with van der Waals surface area (Å²) in [5.74, 6) is -0.0764. The maximum Gasteiger partial charge on any atom is 0.324 e. The molecule has 1 N–H and O–H groups in total. The van der Waals surface area contributed by atoms with Crippen molar-refractivity contribution in [3.05, 3.63) is 0 Å². The van der Waals surface area contributed by atoms with Gasteiger partial charge in [-0.15, -0.1) is 0 Å². The fourth-order valence-corrected chi connectivity index (χ4v) is 1.14. The third-order valence-corrected chi connectivity index (χ3v) is 1.79. The molecule has 0 aromatic rings. The van der Waals surface area contributed by atoms with Crippen molar-refractivity contribution in [2.45, 2.75) is 18.9 Å². The summed E-state index contributed by atoms with van der Waals surface area (Å²) in [6, 6.07) is 0.00231. The van der Waals surface area contributed by atoms with Gasteiger partial charge in [0, 0.05) is 6.04 Å². The molecule has 1 saturated carbocycles. The van der Waals surface area contributed by atoms with E-state index in [9.17, 15) is 9.59 Å². The van der Waals surface area contributed by atoms with Crippen molar-refractivity contribution in [1.82, 2.24) is 10.2 Å². The van der Waals surface area contributed by atoms with Gasteiger partial charge >= 0.3 is 6.03 Å². The predicted octanol–water partition coefficient (Wildman–Crippen LogP) is -0.299. The van der Waals surface area contributed by atoms with Crippen LogP contribution >= 0.6 is 0 Å². The van der Waals surface area contributed by atoms with Gasteiger partial charge in [-0.05, 0) is 12.8 Å². The number of nitrogens with zero attached hydrogens (tertiary/aromatic N) is 1. The first-order valence-corrected chi connectivity index (χ1v) is 3.39. The van der Waals surface area contributed by atoms with Crippen LogP contribution in [0, 0.1) is 0 Å². The Bertz CT molecular complexity index is 182. The molecule has 0 radical (unpaired) electrons. The van der Waals surface area contributed by atoms with Gasteiger partial charge in [-0.25, -0.2) is 4.79 Å². The molecule has 1 aliphatic heterocycles. The average molecular weight is 140 g/mol. The molecule has 0 aromatic carbocycles. The average Bonchev–Trinajstić information content (AvgIpc) is 2.64. The van der Waals surface area contributed by atoms with Crippen LogP contribution in [0.25, 0.3) is 0 Å². The van der Waals surface area contributed by atoms with Crippen LogP contribution in [0.3, 0.4) is 0 Å². The summed E-state index contributed by atoms with van der Waals surface area (Å²) in [4.78, 5) is 23.1. The summed E-state index contributed by atoms with van der Waals surface area (Å²) >= 11 is 0. The Balaban J connectivity index is 2.15. The van der Waals surface area contributed by atoms with E-state index in [0.29, 0.717) is 0 Å². The predicted molar refractivity (Wildman–Crippen MR) is 33.3 cm³/mol. The van der Waals surface area contributed by atoms with Crippen molar-refractivity contribution in [2.24, 2.45) is 0 Å². The highest BCUT2D eigenvalue weighted by Crippen LogP contribution is 2.27. The maximum absolute atomic E-state index is 10.9. The highest BCUT2D eigenvalue weighted by atomic mass is 16.2. The molecule has 0 spiro atoms. The van der Waals surface area contributed by atoms with Gasteiger partial charge in [0.25, 0.3) is 0 Å². The molecule has 1 saturated heterocycles. The molecular weight excluding hydrogens is 132 g/mol. The van der Waals surface area contributed by atoms with Crippen LogP contribution in [0.15, 0.2) is 0 Å². The van der Waals surface area contributed by atoms with Crippen LogP contribution in [0.2, 0.25) is 0 Å². The third-order valence-electron chi connectivity index (χ3n) is 1.79. The molecule has 3 amide bonds. The molecule has 54 valence electrons. The summed E-state index contributed by atoms with van der Waals surface area (Å²) in [5.41, 5.74) is 0. The Labute approximate surface area is 58.2 Å². The van der Waals surface area contributed by atoms with Gasteiger partial charge in [-0.3, -0.25) is 9.69 Å². The molecule has 0 atom stereocenters. The number of hydrogen-bond donors (Lipinski definition) is 1. The molecule has 0 aromatic heterocycles. The van der Waals surface area contributed by atoms with E-state index in [4.69, 9.17) is 0 Å². The number of urea groups is 1. The Morgan fingerprint density at radius 2 is 2.10 bits per heavy atom. The highest BCUT2D eigenvalue weighted by Gasteiger charge is 2.40. The minimum atomic E-state index is -0.215. The first kappa shape index (κ1) is 5.70. The van der Waals surface area contributed by atoms with E-state index >= 15 is 0 Å². The van der Waals surface area contributed by atoms with Gasteiger partial charge < -0.3 is 5.32 Å². The Kier molecular flexibility index (Phi) is 0.977. The zero-order chi connectivity index (χ0) is 7.14. The molecule has 2 rings (SSSR count). The fourth-order valence-electron chi connectivity index (χ4n) is 1.14. The van der Waals surface area contributed by atoms with Gasteiger partial charge in [0.1, 0.15) is 0 Å². The number of hydrogen-bond acceptors (Lipinski definition) is 2. The molecule has 4 heteroatoms. The SMILES string of the molecule is O=C1CNC(=O)N1C1CC1. The number of rotatable bonds is 1. The highest BCUT2D eigenvalue weighted by molar-refractivity contribution is 6.02. The molecule has 2 aliphatic rings. The summed E-state index contributed by atoms with van der Waals surface area (Å²) in [7, 11) is 0. The molecule has 1 heterocycles. The molecule has 4 nitrogen and oxygen atoms in total. The second kappa shape index (κ2) is 1.71. The van der Waals surface area contributed by atoms with E-state index < -0.39 is 0 Å². The van der Waals surface area contributed by atoms with E-state index in [-0.39, 0.29) is 24.5 Å². The quantitative estimate of drug-likeness (QED) is 0.508. The van der Waals surface area contributed by atoms with Crippen molar-refractivity contribution < 1.29 is 9.59 Å². The molecule has 2 fully saturated rings. The van der Waals surface area contributed by atoms with E-state index in [1.165, 1.54) is 4.90 Å². The van der Waals surface area contributed by atoms with Crippen LogP contribution in [-0.2, 0) is 4.79 Å². The summed E-state index contributed by atoms with van der Waals surface area (Å²) in [6.45, 7) is 0.190. The van der Waals surface area contributed by atoms with Crippen LogP contribution < -0.4 is 5.32 Å². The first-order chi connectivity index (χ1) is 4.79. The topological polar surface area (TPSA) is 49.4 Å². The minimum Gasteiger partial charge on any atom is -0.329 e. The monoisotopic (exact) mass is 140 g/mol. The maximum atomic E-state index is 10.9. The van der Waals surface area contributed by atoms with Crippen molar-refractivity contribution in [3.63, 3.8) is 0 Å². The number of carbonyl (C=O) groups excluding carboxylic acids is 2. The normalized spacial score (nSPS) is 25.4. The van der Waals surface area contributed by atoms with Crippen LogP contribution in [0.1, 0.15) is 12.8 Å². The second-order valence-corrected chi connectivity index (χ2v) is 2.65. The molecule has 0 bridgehead atoms. The second-order valence-electron chi connectivity index (χ2n) is 2.65.